The van der Waals surface area contributed by atoms with E-state index in [0.717, 1.165) is 0 Å². The third kappa shape index (κ3) is 1.91. The zero-order chi connectivity index (χ0) is 8.32. The maximum Gasteiger partial charge on any atom is 0.163 e. The van der Waals surface area contributed by atoms with E-state index < -0.39 is 5.79 Å². The molecule has 1 saturated heterocycles. The van der Waals surface area contributed by atoms with Crippen LogP contribution in [0.1, 0.15) is 13.8 Å². The van der Waals surface area contributed by atoms with Gasteiger partial charge in [0.15, 0.2) is 7.20 Å². The van der Waals surface area contributed by atoms with Gasteiger partial charge in [-0.15, -0.1) is 0 Å². The Hall–Kier alpha value is -0.160. The lowest BCUT2D eigenvalue weighted by Gasteiger charge is -2.16. The molecule has 1 aliphatic rings. The van der Waals surface area contributed by atoms with Crippen LogP contribution >= 0.6 is 0 Å². The molecule has 1 aliphatic heterocycles. The first-order chi connectivity index (χ1) is 5.14. The first-order valence-corrected chi connectivity index (χ1v) is 3.24. The number of nitrogens with two attached hydrogens (primary N) is 1. The van der Waals surface area contributed by atoms with Crippen LogP contribution in [0.4, 0.5) is 0 Å². The van der Waals surface area contributed by atoms with Crippen molar-refractivity contribution < 1.29 is 15.7 Å². The van der Waals surface area contributed by atoms with Gasteiger partial charge in [-0.1, -0.05) is 0 Å². The fourth-order valence-corrected chi connectivity index (χ4v) is 0.938. The molecule has 1 heterocycles. The number of hydrogen-bond donors (Lipinski definition) is 1. The van der Waals surface area contributed by atoms with E-state index in [1.54, 1.807) is 0 Å². The molecule has 0 aromatic carbocycles. The summed E-state index contributed by atoms with van der Waals surface area (Å²) in [4.78, 5) is 4.62. The molecule has 4 nitrogen and oxygen atoms in total. The van der Waals surface area contributed by atoms with Crippen molar-refractivity contribution >= 4 is 0 Å². The average molecular weight is 148 g/mol. The zero-order valence-corrected chi connectivity index (χ0v) is 6.22. The second-order valence-electron chi connectivity index (χ2n) is 2.76. The Kier molecular flexibility index (Phi) is 1.86. The van der Waals surface area contributed by atoms with Crippen molar-refractivity contribution in [2.75, 3.05) is 13.2 Å². The molecule has 0 amide bonds. The van der Waals surface area contributed by atoms with Gasteiger partial charge >= 0.3 is 0 Å². The topological polar surface area (TPSA) is 53.7 Å². The Labute approximate surface area is 61.7 Å². The summed E-state index contributed by atoms with van der Waals surface area (Å²) in [6, 6.07) is 0. The van der Waals surface area contributed by atoms with Gasteiger partial charge in [0.1, 0.15) is 6.10 Å². The average Bonchev–Trinajstić information content (AvgIpc) is 2.26. The molecule has 0 aromatic rings. The van der Waals surface area contributed by atoms with Gasteiger partial charge in [0, 0.05) is 0 Å². The molecule has 0 aromatic heterocycles. The van der Waals surface area contributed by atoms with E-state index in [0.29, 0.717) is 13.2 Å². The van der Waals surface area contributed by atoms with E-state index in [4.69, 9.17) is 10.9 Å². The molecule has 4 heteroatoms. The lowest BCUT2D eigenvalue weighted by Crippen LogP contribution is -2.25. The third-order valence-electron chi connectivity index (χ3n) is 1.34. The third-order valence-corrected chi connectivity index (χ3v) is 1.34. The standard InChI is InChI=1S/C6H13NO3/c1-6(2)8-3-5(10-6)4-9-7/h5H,3-4,7H2,1-2H3/t5-/m0/s1/i7D. The van der Waals surface area contributed by atoms with Gasteiger partial charge in [-0.3, -0.25) is 0 Å². The first-order valence-electron chi connectivity index (χ1n) is 3.74. The van der Waals surface area contributed by atoms with Crippen LogP contribution in [0.5, 0.6) is 0 Å². The monoisotopic (exact) mass is 148 g/mol. The van der Waals surface area contributed by atoms with Crippen molar-refractivity contribution in [3.8, 4) is 0 Å². The van der Waals surface area contributed by atoms with Crippen molar-refractivity contribution in [1.29, 1.82) is 0 Å². The van der Waals surface area contributed by atoms with Gasteiger partial charge in [0.25, 0.3) is 0 Å². The van der Waals surface area contributed by atoms with Crippen LogP contribution in [0, 0.1) is 0 Å². The fourth-order valence-electron chi connectivity index (χ4n) is 0.938. The minimum Gasteiger partial charge on any atom is -0.348 e. The number of hydrogen-bond acceptors (Lipinski definition) is 4. The molecule has 0 spiro atoms. The zero-order valence-electron chi connectivity index (χ0n) is 7.22. The molecule has 1 rings (SSSR count). The molecule has 10 heavy (non-hydrogen) atoms. The largest absolute Gasteiger partial charge is 0.348 e. The van der Waals surface area contributed by atoms with Crippen LogP contribution in [0.25, 0.3) is 0 Å². The van der Waals surface area contributed by atoms with E-state index in [2.05, 4.69) is 4.84 Å². The molecule has 60 valence electrons. The Morgan fingerprint density at radius 1 is 1.90 bits per heavy atom. The molecule has 0 unspecified atom stereocenters. The maximum absolute atomic E-state index is 6.50. The van der Waals surface area contributed by atoms with Crippen molar-refractivity contribution in [3.05, 3.63) is 0 Å². The van der Waals surface area contributed by atoms with Gasteiger partial charge in [-0.25, -0.2) is 5.89 Å². The van der Waals surface area contributed by atoms with E-state index in [9.17, 15) is 0 Å². The molecule has 0 bridgehead atoms. The Bertz CT molecular complexity index is 131. The van der Waals surface area contributed by atoms with Crippen LogP contribution in [0.3, 0.4) is 0 Å². The Morgan fingerprint density at radius 3 is 3.20 bits per heavy atom. The molecule has 1 fully saturated rings. The van der Waals surface area contributed by atoms with Gasteiger partial charge in [0.2, 0.25) is 0 Å². The SMILES string of the molecule is [2H]NOC[C@@H]1COC(C)(C)O1. The summed E-state index contributed by atoms with van der Waals surface area (Å²) in [5, 5.41) is 0. The highest BCUT2D eigenvalue weighted by molar-refractivity contribution is 4.69. The number of ether oxygens (including phenoxy) is 2. The van der Waals surface area contributed by atoms with E-state index >= 15 is 0 Å². The van der Waals surface area contributed by atoms with Crippen molar-refractivity contribution in [2.45, 2.75) is 25.7 Å². The lowest BCUT2D eigenvalue weighted by molar-refractivity contribution is -0.145. The van der Waals surface area contributed by atoms with Gasteiger partial charge < -0.3 is 14.3 Å². The van der Waals surface area contributed by atoms with E-state index in [-0.39, 0.29) is 6.10 Å². The smallest absolute Gasteiger partial charge is 0.163 e. The molecule has 0 saturated carbocycles. The first kappa shape index (κ1) is 6.54. The van der Waals surface area contributed by atoms with Crippen molar-refractivity contribution in [2.24, 2.45) is 5.89 Å². The van der Waals surface area contributed by atoms with Gasteiger partial charge in [-0.2, -0.15) is 0 Å². The predicted molar refractivity (Wildman–Crippen MR) is 35.0 cm³/mol. The molecular weight excluding hydrogens is 134 g/mol. The second-order valence-corrected chi connectivity index (χ2v) is 2.76. The van der Waals surface area contributed by atoms with E-state index in [1.165, 1.54) is 0 Å². The van der Waals surface area contributed by atoms with E-state index in [1.807, 2.05) is 19.7 Å². The quantitative estimate of drug-likeness (QED) is 0.573. The summed E-state index contributed by atoms with van der Waals surface area (Å²) in [7, 11) is 0. The molecule has 2 N–H and O–H groups in total. The van der Waals surface area contributed by atoms with Crippen molar-refractivity contribution in [3.63, 3.8) is 0 Å². The van der Waals surface area contributed by atoms with Crippen LogP contribution in [-0.2, 0) is 14.3 Å². The minimum atomic E-state index is -0.504. The Balaban J connectivity index is 2.20. The maximum atomic E-state index is 6.50. The number of rotatable bonds is 3. The molecule has 0 radical (unpaired) electrons. The normalized spacial score (nSPS) is 32.2. The highest BCUT2D eigenvalue weighted by atomic mass is 16.8. The molecule has 0 aliphatic carbocycles. The minimum absolute atomic E-state index is 0.0668. The fraction of sp³-hybridized carbons (Fsp3) is 1.00. The highest BCUT2D eigenvalue weighted by Crippen LogP contribution is 2.21. The van der Waals surface area contributed by atoms with Gasteiger partial charge in [-0.05, 0) is 13.8 Å². The summed E-state index contributed by atoms with van der Waals surface area (Å²) in [6.07, 6.45) is -0.0668. The molecular formula is C6H13NO3. The van der Waals surface area contributed by atoms with Crippen molar-refractivity contribution in [1.82, 2.24) is 0 Å². The van der Waals surface area contributed by atoms with Crippen LogP contribution in [-0.4, -0.2) is 25.1 Å². The predicted octanol–water partition coefficient (Wildman–Crippen LogP) is 0.0282. The summed E-state index contributed by atoms with van der Waals surface area (Å²) >= 11 is 0. The molecule has 1 atom stereocenters. The summed E-state index contributed by atoms with van der Waals surface area (Å²) in [6.45, 7) is 4.56. The van der Waals surface area contributed by atoms with Crippen LogP contribution in [0.15, 0.2) is 0 Å². The lowest BCUT2D eigenvalue weighted by atomic mass is 10.4. The van der Waals surface area contributed by atoms with Gasteiger partial charge in [0.05, 0.1) is 13.2 Å². The van der Waals surface area contributed by atoms with Crippen LogP contribution < -0.4 is 5.89 Å². The second kappa shape index (κ2) is 2.84. The summed E-state index contributed by atoms with van der Waals surface area (Å²) < 4.78 is 17.1. The Morgan fingerprint density at radius 2 is 2.70 bits per heavy atom. The summed E-state index contributed by atoms with van der Waals surface area (Å²) in [5.41, 5.74) is 0. The summed E-state index contributed by atoms with van der Waals surface area (Å²) in [5.74, 6) is 1.33. The highest BCUT2D eigenvalue weighted by Gasteiger charge is 2.32. The van der Waals surface area contributed by atoms with Crippen LogP contribution in [0.2, 0.25) is 1.41 Å².